The van der Waals surface area contributed by atoms with Crippen molar-refractivity contribution in [3.8, 4) is 0 Å². The molecule has 138 valence electrons. The van der Waals surface area contributed by atoms with Crippen LogP contribution in [0.25, 0.3) is 0 Å². The zero-order chi connectivity index (χ0) is 19.1. The zero-order valence-electron chi connectivity index (χ0n) is 14.6. The second-order valence-corrected chi connectivity index (χ2v) is 5.63. The molecule has 2 rings (SSSR count). The van der Waals surface area contributed by atoms with Gasteiger partial charge >= 0.3 is 5.97 Å². The summed E-state index contributed by atoms with van der Waals surface area (Å²) in [6.45, 7) is 4.07. The van der Waals surface area contributed by atoms with Crippen LogP contribution in [0.5, 0.6) is 0 Å². The molecule has 0 radical (unpaired) electrons. The van der Waals surface area contributed by atoms with E-state index in [-0.39, 0.29) is 23.4 Å². The molecular formula is C17H20N4O5. The van der Waals surface area contributed by atoms with E-state index in [0.717, 1.165) is 29.8 Å². The first-order valence-corrected chi connectivity index (χ1v) is 8.16. The molecule has 0 spiro atoms. The van der Waals surface area contributed by atoms with Crippen LogP contribution in [0.2, 0.25) is 0 Å². The molecule has 9 nitrogen and oxygen atoms in total. The fraction of sp³-hybridized carbons (Fsp3) is 0.353. The van der Waals surface area contributed by atoms with Gasteiger partial charge in [-0.25, -0.2) is 4.79 Å². The third-order valence-corrected chi connectivity index (χ3v) is 3.74. The fourth-order valence-electron chi connectivity index (χ4n) is 2.39. The molecule has 1 aromatic heterocycles. The predicted molar refractivity (Wildman–Crippen MR) is 93.0 cm³/mol. The number of amides is 1. The van der Waals surface area contributed by atoms with Gasteiger partial charge in [0.25, 0.3) is 11.6 Å². The number of non-ortho nitro benzene ring substituents is 1. The second-order valence-electron chi connectivity index (χ2n) is 5.63. The monoisotopic (exact) mass is 360 g/mol. The van der Waals surface area contributed by atoms with E-state index in [4.69, 9.17) is 4.74 Å². The summed E-state index contributed by atoms with van der Waals surface area (Å²) in [5.74, 6) is -1.19. The molecule has 0 saturated heterocycles. The molecule has 0 atom stereocenters. The molecule has 26 heavy (non-hydrogen) atoms. The number of carbonyl (C=O) groups excluding carboxylic acids is 2. The standard InChI is InChI=1S/C17H20N4O5/c1-3-26-17(23)14-7-13(8-15(9-14)21(24)25)16(22)18-6-4-5-12-10-19-20-11(12)2/h7-10H,3-6H2,1-2H3,(H,18,22)(H,19,20). The predicted octanol–water partition coefficient (Wildman–Crippen LogP) is 2.17. The highest BCUT2D eigenvalue weighted by Gasteiger charge is 2.18. The van der Waals surface area contributed by atoms with Gasteiger partial charge in [-0.15, -0.1) is 0 Å². The Labute approximate surface area is 149 Å². The summed E-state index contributed by atoms with van der Waals surface area (Å²) in [6.07, 6.45) is 3.17. The normalized spacial score (nSPS) is 10.4. The maximum atomic E-state index is 12.3. The minimum Gasteiger partial charge on any atom is -0.462 e. The van der Waals surface area contributed by atoms with E-state index in [1.807, 2.05) is 6.92 Å². The minimum atomic E-state index is -0.708. The molecule has 0 unspecified atom stereocenters. The van der Waals surface area contributed by atoms with Crippen molar-refractivity contribution in [2.24, 2.45) is 0 Å². The summed E-state index contributed by atoms with van der Waals surface area (Å²) in [5, 5.41) is 20.5. The lowest BCUT2D eigenvalue weighted by atomic mass is 10.1. The molecule has 1 aromatic carbocycles. The smallest absolute Gasteiger partial charge is 0.338 e. The minimum absolute atomic E-state index is 0.0276. The Hall–Kier alpha value is -3.23. The van der Waals surface area contributed by atoms with Crippen LogP contribution in [0, 0.1) is 17.0 Å². The van der Waals surface area contributed by atoms with Crippen molar-refractivity contribution in [1.82, 2.24) is 15.5 Å². The van der Waals surface area contributed by atoms with Crippen molar-refractivity contribution in [2.75, 3.05) is 13.2 Å². The number of H-pyrrole nitrogens is 1. The molecule has 2 N–H and O–H groups in total. The molecule has 9 heteroatoms. The highest BCUT2D eigenvalue weighted by molar-refractivity contribution is 5.99. The van der Waals surface area contributed by atoms with E-state index in [9.17, 15) is 19.7 Å². The maximum absolute atomic E-state index is 12.3. The number of nitrogens with zero attached hydrogens (tertiary/aromatic N) is 2. The second kappa shape index (κ2) is 8.75. The molecule has 0 aliphatic heterocycles. The van der Waals surface area contributed by atoms with Crippen LogP contribution >= 0.6 is 0 Å². The Kier molecular flexibility index (Phi) is 6.42. The number of carbonyl (C=O) groups is 2. The molecule has 0 fully saturated rings. The summed E-state index contributed by atoms with van der Waals surface area (Å²) >= 11 is 0. The van der Waals surface area contributed by atoms with Crippen molar-refractivity contribution < 1.29 is 19.2 Å². The van der Waals surface area contributed by atoms with E-state index in [1.54, 1.807) is 13.1 Å². The third-order valence-electron chi connectivity index (χ3n) is 3.74. The molecule has 1 amide bonds. The number of ether oxygens (including phenoxy) is 1. The first kappa shape index (κ1) is 19.1. The molecular weight excluding hydrogens is 340 g/mol. The van der Waals surface area contributed by atoms with E-state index in [1.165, 1.54) is 6.07 Å². The first-order valence-electron chi connectivity index (χ1n) is 8.16. The number of esters is 1. The van der Waals surface area contributed by atoms with Gasteiger partial charge in [0.15, 0.2) is 0 Å². The van der Waals surface area contributed by atoms with Gasteiger partial charge in [0.05, 0.1) is 23.3 Å². The number of hydrogen-bond acceptors (Lipinski definition) is 6. The van der Waals surface area contributed by atoms with Crippen LogP contribution in [0.1, 0.15) is 45.3 Å². The number of nitrogens with one attached hydrogen (secondary N) is 2. The lowest BCUT2D eigenvalue weighted by molar-refractivity contribution is -0.384. The van der Waals surface area contributed by atoms with E-state index in [0.29, 0.717) is 13.0 Å². The SMILES string of the molecule is CCOC(=O)c1cc(C(=O)NCCCc2cn[nH]c2C)cc([N+](=O)[O-])c1. The Morgan fingerprint density at radius 1 is 1.31 bits per heavy atom. The van der Waals surface area contributed by atoms with Crippen molar-refractivity contribution in [2.45, 2.75) is 26.7 Å². The average Bonchev–Trinajstić information content (AvgIpc) is 3.03. The number of nitro benzene ring substituents is 1. The first-order chi connectivity index (χ1) is 12.4. The summed E-state index contributed by atoms with van der Waals surface area (Å²) in [5.41, 5.74) is 1.73. The van der Waals surface area contributed by atoms with Crippen LogP contribution in [0.4, 0.5) is 5.69 Å². The van der Waals surface area contributed by atoms with Crippen molar-refractivity contribution in [3.63, 3.8) is 0 Å². The van der Waals surface area contributed by atoms with Crippen molar-refractivity contribution in [1.29, 1.82) is 0 Å². The van der Waals surface area contributed by atoms with Gasteiger partial charge < -0.3 is 10.1 Å². The van der Waals surface area contributed by atoms with E-state index >= 15 is 0 Å². The quantitative estimate of drug-likeness (QED) is 0.321. The molecule has 0 bridgehead atoms. The van der Waals surface area contributed by atoms with Gasteiger partial charge in [-0.05, 0) is 38.3 Å². The maximum Gasteiger partial charge on any atom is 0.338 e. The molecule has 0 aliphatic carbocycles. The van der Waals surface area contributed by atoms with Crippen LogP contribution in [-0.2, 0) is 11.2 Å². The van der Waals surface area contributed by atoms with Crippen LogP contribution in [0.3, 0.4) is 0 Å². The molecule has 0 aliphatic rings. The topological polar surface area (TPSA) is 127 Å². The lowest BCUT2D eigenvalue weighted by Crippen LogP contribution is -2.25. The summed E-state index contributed by atoms with van der Waals surface area (Å²) in [6, 6.07) is 3.52. The molecule has 1 heterocycles. The van der Waals surface area contributed by atoms with Gasteiger partial charge in [0.2, 0.25) is 0 Å². The number of aromatic amines is 1. The summed E-state index contributed by atoms with van der Waals surface area (Å²) in [4.78, 5) is 34.5. The Balaban J connectivity index is 2.03. The van der Waals surface area contributed by atoms with Gasteiger partial charge in [-0.2, -0.15) is 5.10 Å². The average molecular weight is 360 g/mol. The summed E-state index contributed by atoms with van der Waals surface area (Å²) < 4.78 is 4.85. The Bertz CT molecular complexity index is 815. The Morgan fingerprint density at radius 3 is 2.65 bits per heavy atom. The largest absolute Gasteiger partial charge is 0.462 e. The number of aryl methyl sites for hydroxylation is 2. The van der Waals surface area contributed by atoms with Gasteiger partial charge in [0, 0.05) is 29.9 Å². The number of nitro groups is 1. The van der Waals surface area contributed by atoms with E-state index in [2.05, 4.69) is 15.5 Å². The highest BCUT2D eigenvalue weighted by atomic mass is 16.6. The van der Waals surface area contributed by atoms with Crippen LogP contribution < -0.4 is 5.32 Å². The molecule has 2 aromatic rings. The summed E-state index contributed by atoms with van der Waals surface area (Å²) in [7, 11) is 0. The third kappa shape index (κ3) is 4.88. The fourth-order valence-corrected chi connectivity index (χ4v) is 2.39. The van der Waals surface area contributed by atoms with Crippen LogP contribution in [-0.4, -0.2) is 40.1 Å². The van der Waals surface area contributed by atoms with Gasteiger partial charge in [-0.1, -0.05) is 0 Å². The number of benzene rings is 1. The van der Waals surface area contributed by atoms with Crippen molar-refractivity contribution in [3.05, 3.63) is 56.9 Å². The van der Waals surface area contributed by atoms with Crippen molar-refractivity contribution >= 4 is 17.6 Å². The molecule has 0 saturated carbocycles. The van der Waals surface area contributed by atoms with Gasteiger partial charge in [-0.3, -0.25) is 20.0 Å². The van der Waals surface area contributed by atoms with Crippen LogP contribution in [0.15, 0.2) is 24.4 Å². The Morgan fingerprint density at radius 2 is 2.04 bits per heavy atom. The van der Waals surface area contributed by atoms with E-state index < -0.39 is 16.8 Å². The number of rotatable bonds is 8. The zero-order valence-corrected chi connectivity index (χ0v) is 14.6. The number of hydrogen-bond donors (Lipinski definition) is 2. The highest BCUT2D eigenvalue weighted by Crippen LogP contribution is 2.18. The number of aromatic nitrogens is 2. The van der Waals surface area contributed by atoms with Gasteiger partial charge in [0.1, 0.15) is 0 Å². The lowest BCUT2D eigenvalue weighted by Gasteiger charge is -2.07.